The number of nitrogens with zero attached hydrogens (tertiary/aromatic N) is 5. The molecule has 0 radical (unpaired) electrons. The Kier molecular flexibility index (Phi) is 6.80. The van der Waals surface area contributed by atoms with E-state index in [-0.39, 0.29) is 24.2 Å². The lowest BCUT2D eigenvalue weighted by Gasteiger charge is -2.34. The number of fused-ring (bicyclic) bond motifs is 1. The van der Waals surface area contributed by atoms with Crippen LogP contribution in [0.25, 0.3) is 0 Å². The maximum atomic E-state index is 13.0. The number of carbonyl (C=O) groups is 3. The van der Waals surface area contributed by atoms with Gasteiger partial charge in [0, 0.05) is 42.4 Å². The number of anilines is 1. The molecule has 4 rings (SSSR count). The highest BCUT2D eigenvalue weighted by Crippen LogP contribution is 2.43. The van der Waals surface area contributed by atoms with Gasteiger partial charge in [0.05, 0.1) is 22.7 Å². The minimum absolute atomic E-state index is 0.0917. The van der Waals surface area contributed by atoms with E-state index < -0.39 is 28.2 Å². The summed E-state index contributed by atoms with van der Waals surface area (Å²) in [4.78, 5) is 51.6. The third-order valence-electron chi connectivity index (χ3n) is 6.72. The number of carboxylic acid groups (broad SMARTS) is 1. The Morgan fingerprint density at radius 2 is 1.87 bits per heavy atom. The van der Waals surface area contributed by atoms with Crippen molar-refractivity contribution in [3.05, 3.63) is 51.2 Å². The third-order valence-corrected chi connectivity index (χ3v) is 6.72. The zero-order valence-corrected chi connectivity index (χ0v) is 22.1. The monoisotopic (exact) mass is 528 g/mol. The van der Waals surface area contributed by atoms with Gasteiger partial charge in [0.1, 0.15) is 5.60 Å². The van der Waals surface area contributed by atoms with E-state index in [0.29, 0.717) is 42.1 Å². The van der Waals surface area contributed by atoms with E-state index in [2.05, 4.69) is 10.4 Å². The lowest BCUT2D eigenvalue weighted by Crippen LogP contribution is -2.45. The number of benzene rings is 1. The lowest BCUT2D eigenvalue weighted by atomic mass is 10.00. The highest BCUT2D eigenvalue weighted by Gasteiger charge is 2.48. The van der Waals surface area contributed by atoms with Crippen LogP contribution in [0.2, 0.25) is 0 Å². The summed E-state index contributed by atoms with van der Waals surface area (Å²) >= 11 is 0. The molecule has 1 unspecified atom stereocenters. The molecule has 13 nitrogen and oxygen atoms in total. The van der Waals surface area contributed by atoms with Crippen LogP contribution in [0.4, 0.5) is 21.1 Å². The van der Waals surface area contributed by atoms with Crippen molar-refractivity contribution in [2.45, 2.75) is 71.2 Å². The molecule has 2 aromatic rings. The number of amides is 2. The molecule has 2 N–H and O–H groups in total. The number of likely N-dealkylation sites (tertiary alicyclic amines) is 1. The van der Waals surface area contributed by atoms with Gasteiger partial charge >= 0.3 is 12.2 Å². The van der Waals surface area contributed by atoms with Gasteiger partial charge in [0.25, 0.3) is 11.6 Å². The Balaban J connectivity index is 1.55. The van der Waals surface area contributed by atoms with Crippen LogP contribution < -0.4 is 5.32 Å². The number of nitrogens with one attached hydrogen (secondary N) is 1. The second kappa shape index (κ2) is 9.62. The first-order valence-electron chi connectivity index (χ1n) is 12.4. The van der Waals surface area contributed by atoms with Gasteiger partial charge in [-0.1, -0.05) is 0 Å². The van der Waals surface area contributed by atoms with Gasteiger partial charge in [-0.2, -0.15) is 4.68 Å². The smallest absolute Gasteiger partial charge is 0.432 e. The Morgan fingerprint density at radius 1 is 1.21 bits per heavy atom. The SMILES string of the molecule is CC(C)(C)OC(=O)N1Cc2c(NC3CCCN(C(=O)c4ccc([N+](=O)[O-])cc4)C3)nn(C(=O)O)c2C1(C)C. The molecule has 2 aliphatic rings. The topological polar surface area (TPSA) is 160 Å². The van der Waals surface area contributed by atoms with Gasteiger partial charge in [0.2, 0.25) is 0 Å². The van der Waals surface area contributed by atoms with Crippen LogP contribution >= 0.6 is 0 Å². The van der Waals surface area contributed by atoms with Crippen LogP contribution in [0.3, 0.4) is 0 Å². The fourth-order valence-electron chi connectivity index (χ4n) is 4.96. The summed E-state index contributed by atoms with van der Waals surface area (Å²) in [6, 6.07) is 5.25. The van der Waals surface area contributed by atoms with Crippen LogP contribution in [0.1, 0.15) is 69.1 Å². The van der Waals surface area contributed by atoms with Gasteiger partial charge in [0.15, 0.2) is 5.82 Å². The molecule has 2 amide bonds. The zero-order chi connectivity index (χ0) is 28.0. The van der Waals surface area contributed by atoms with Crippen LogP contribution in [0.5, 0.6) is 0 Å². The van der Waals surface area contributed by atoms with E-state index in [0.717, 1.165) is 11.1 Å². The molecule has 0 saturated carbocycles. The Hall–Kier alpha value is -4.16. The number of aromatic nitrogens is 2. The average Bonchev–Trinajstić information content (AvgIpc) is 3.33. The molecule has 204 valence electrons. The number of non-ortho nitro benzene ring substituents is 1. The Labute approximate surface area is 219 Å². The highest BCUT2D eigenvalue weighted by molar-refractivity contribution is 5.94. The molecule has 1 saturated heterocycles. The maximum Gasteiger partial charge on any atom is 0.432 e. The van der Waals surface area contributed by atoms with Crippen molar-refractivity contribution in [3.8, 4) is 0 Å². The number of carbonyl (C=O) groups excluding carboxylic acids is 2. The van der Waals surface area contributed by atoms with Crippen molar-refractivity contribution in [1.82, 2.24) is 19.6 Å². The van der Waals surface area contributed by atoms with Crippen molar-refractivity contribution >= 4 is 29.6 Å². The molecule has 1 atom stereocenters. The number of hydrogen-bond acceptors (Lipinski definition) is 8. The number of nitro benzene ring substituents is 1. The van der Waals surface area contributed by atoms with E-state index in [1.165, 1.54) is 29.2 Å². The molecule has 0 bridgehead atoms. The van der Waals surface area contributed by atoms with Crippen molar-refractivity contribution in [2.75, 3.05) is 18.4 Å². The minimum atomic E-state index is -1.27. The standard InChI is InChI=1S/C25H32N6O7/c1-24(2,3)38-23(35)29-14-18-19(25(29,4)5)30(22(33)34)27-20(18)26-16-7-6-12-28(13-16)21(32)15-8-10-17(11-9-15)31(36)37/h8-11,16H,6-7,12-14H2,1-5H3,(H,26,27)(H,33,34). The number of hydrogen-bond donors (Lipinski definition) is 2. The normalized spacial score (nSPS) is 18.6. The van der Waals surface area contributed by atoms with Gasteiger partial charge in [-0.15, -0.1) is 5.10 Å². The molecular formula is C25H32N6O7. The Bertz CT molecular complexity index is 1280. The lowest BCUT2D eigenvalue weighted by molar-refractivity contribution is -0.384. The zero-order valence-electron chi connectivity index (χ0n) is 22.1. The van der Waals surface area contributed by atoms with Crippen molar-refractivity contribution < 1.29 is 29.2 Å². The van der Waals surface area contributed by atoms with Crippen molar-refractivity contribution in [3.63, 3.8) is 0 Å². The van der Waals surface area contributed by atoms with E-state index in [1.807, 2.05) is 0 Å². The molecule has 3 heterocycles. The summed E-state index contributed by atoms with van der Waals surface area (Å²) in [6.07, 6.45) is -0.405. The molecular weight excluding hydrogens is 496 g/mol. The number of nitro groups is 1. The molecule has 1 aromatic carbocycles. The van der Waals surface area contributed by atoms with Crippen molar-refractivity contribution in [1.29, 1.82) is 0 Å². The van der Waals surface area contributed by atoms with Gasteiger partial charge in [-0.3, -0.25) is 19.8 Å². The summed E-state index contributed by atoms with van der Waals surface area (Å²) < 4.78 is 6.45. The summed E-state index contributed by atoms with van der Waals surface area (Å²) in [5, 5.41) is 28.4. The molecule has 38 heavy (non-hydrogen) atoms. The second-order valence-corrected chi connectivity index (χ2v) is 11.0. The first-order chi connectivity index (χ1) is 17.7. The van der Waals surface area contributed by atoms with E-state index in [4.69, 9.17) is 4.74 Å². The minimum Gasteiger partial charge on any atom is -0.463 e. The first-order valence-corrected chi connectivity index (χ1v) is 12.4. The molecule has 2 aliphatic heterocycles. The molecule has 1 aromatic heterocycles. The first kappa shape index (κ1) is 26.9. The second-order valence-electron chi connectivity index (χ2n) is 11.0. The predicted octanol–water partition coefficient (Wildman–Crippen LogP) is 4.02. The maximum absolute atomic E-state index is 13.0. The van der Waals surface area contributed by atoms with Crippen LogP contribution in [-0.4, -0.2) is 72.4 Å². The van der Waals surface area contributed by atoms with Gasteiger partial charge in [-0.25, -0.2) is 9.59 Å². The van der Waals surface area contributed by atoms with E-state index >= 15 is 0 Å². The molecule has 0 aliphatic carbocycles. The highest BCUT2D eigenvalue weighted by atomic mass is 16.6. The fourth-order valence-corrected chi connectivity index (χ4v) is 4.96. The molecule has 0 spiro atoms. The quantitative estimate of drug-likeness (QED) is 0.441. The average molecular weight is 529 g/mol. The fraction of sp³-hybridized carbons (Fsp3) is 0.520. The van der Waals surface area contributed by atoms with Crippen LogP contribution in [0, 0.1) is 10.1 Å². The summed E-state index contributed by atoms with van der Waals surface area (Å²) in [7, 11) is 0. The number of ether oxygens (including phenoxy) is 1. The van der Waals surface area contributed by atoms with Gasteiger partial charge in [-0.05, 0) is 59.6 Å². The van der Waals surface area contributed by atoms with Crippen molar-refractivity contribution in [2.24, 2.45) is 0 Å². The molecule has 13 heteroatoms. The molecule has 1 fully saturated rings. The third kappa shape index (κ3) is 5.13. The predicted molar refractivity (Wildman–Crippen MR) is 136 cm³/mol. The summed E-state index contributed by atoms with van der Waals surface area (Å²) in [6.45, 7) is 9.77. The largest absolute Gasteiger partial charge is 0.463 e. The summed E-state index contributed by atoms with van der Waals surface area (Å²) in [5.41, 5.74) is -0.486. The van der Waals surface area contributed by atoms with Gasteiger partial charge < -0.3 is 20.1 Å². The van der Waals surface area contributed by atoms with Crippen LogP contribution in [-0.2, 0) is 16.8 Å². The van der Waals surface area contributed by atoms with E-state index in [9.17, 15) is 29.6 Å². The van der Waals surface area contributed by atoms with E-state index in [1.54, 1.807) is 39.5 Å². The number of piperidine rings is 1. The number of rotatable bonds is 4. The summed E-state index contributed by atoms with van der Waals surface area (Å²) in [5.74, 6) is 0.0982. The van der Waals surface area contributed by atoms with Crippen LogP contribution in [0.15, 0.2) is 24.3 Å². The Morgan fingerprint density at radius 3 is 2.45 bits per heavy atom.